The van der Waals surface area contributed by atoms with Crippen LogP contribution < -0.4 is 0 Å². The van der Waals surface area contributed by atoms with Gasteiger partial charge in [-0.25, -0.2) is 4.79 Å². The van der Waals surface area contributed by atoms with Gasteiger partial charge in [-0.2, -0.15) is 0 Å². The Morgan fingerprint density at radius 2 is 1.88 bits per heavy atom. The van der Waals surface area contributed by atoms with E-state index in [9.17, 15) is 19.5 Å². The van der Waals surface area contributed by atoms with Crippen molar-refractivity contribution in [1.29, 1.82) is 0 Å². The number of ketones is 2. The van der Waals surface area contributed by atoms with E-state index in [0.29, 0.717) is 42.4 Å². The Morgan fingerprint density at radius 3 is 2.59 bits per heavy atom. The van der Waals surface area contributed by atoms with Crippen molar-refractivity contribution in [3.63, 3.8) is 0 Å². The van der Waals surface area contributed by atoms with Crippen molar-refractivity contribution in [2.45, 2.75) is 71.3 Å². The number of rotatable bonds is 4. The van der Waals surface area contributed by atoms with Crippen LogP contribution in [0.2, 0.25) is 0 Å². The Morgan fingerprint density at radius 1 is 1.15 bits per heavy atom. The van der Waals surface area contributed by atoms with E-state index in [0.717, 1.165) is 25.7 Å². The van der Waals surface area contributed by atoms with Crippen LogP contribution in [-0.2, 0) is 14.3 Å². The van der Waals surface area contributed by atoms with Crippen LogP contribution in [0.15, 0.2) is 42.0 Å². The number of ether oxygens (including phenoxy) is 1. The van der Waals surface area contributed by atoms with Crippen molar-refractivity contribution < 1.29 is 24.2 Å². The molecular weight excluding hydrogens is 428 g/mol. The molecule has 182 valence electrons. The normalized spacial score (nSPS) is 41.1. The first kappa shape index (κ1) is 23.5. The van der Waals surface area contributed by atoms with Crippen molar-refractivity contribution in [1.82, 2.24) is 0 Å². The largest absolute Gasteiger partial charge is 0.446 e. The topological polar surface area (TPSA) is 80.7 Å². The van der Waals surface area contributed by atoms with Crippen molar-refractivity contribution in [2.24, 2.45) is 34.5 Å². The molecule has 0 saturated heterocycles. The Kier molecular flexibility index (Phi) is 5.63. The third-order valence-corrected chi connectivity index (χ3v) is 10.2. The van der Waals surface area contributed by atoms with Gasteiger partial charge in [0.25, 0.3) is 0 Å². The number of hydrogen-bond donors (Lipinski definition) is 1. The highest BCUT2D eigenvalue weighted by atomic mass is 16.6. The molecule has 3 fully saturated rings. The molecule has 3 saturated carbocycles. The molecule has 0 amide bonds. The first-order chi connectivity index (χ1) is 16.2. The van der Waals surface area contributed by atoms with E-state index in [2.05, 4.69) is 19.9 Å². The molecule has 5 nitrogen and oxygen atoms in total. The number of aliphatic hydroxyl groups excluding tert-OH is 1. The first-order valence-electron chi connectivity index (χ1n) is 12.8. The number of esters is 1. The molecule has 5 heteroatoms. The second-order valence-corrected chi connectivity index (χ2v) is 11.6. The molecule has 4 aliphatic carbocycles. The summed E-state index contributed by atoms with van der Waals surface area (Å²) in [5.41, 5.74) is -0.0273. The lowest BCUT2D eigenvalue weighted by molar-refractivity contribution is -0.163. The summed E-state index contributed by atoms with van der Waals surface area (Å²) >= 11 is 0. The summed E-state index contributed by atoms with van der Waals surface area (Å²) in [7, 11) is 0. The van der Waals surface area contributed by atoms with Crippen molar-refractivity contribution >= 4 is 17.5 Å². The monoisotopic (exact) mass is 464 g/mol. The average Bonchev–Trinajstić information content (AvgIpc) is 3.06. The zero-order valence-electron chi connectivity index (χ0n) is 20.5. The summed E-state index contributed by atoms with van der Waals surface area (Å²) in [6.45, 7) is 5.79. The highest BCUT2D eigenvalue weighted by molar-refractivity contribution is 5.96. The lowest BCUT2D eigenvalue weighted by Gasteiger charge is -2.57. The Hall–Kier alpha value is -2.27. The van der Waals surface area contributed by atoms with Gasteiger partial charge >= 0.3 is 5.97 Å². The summed E-state index contributed by atoms with van der Waals surface area (Å²) in [5.74, 6) is 0.204. The molecule has 34 heavy (non-hydrogen) atoms. The summed E-state index contributed by atoms with van der Waals surface area (Å²) in [6, 6.07) is 8.80. The van der Waals surface area contributed by atoms with E-state index in [-0.39, 0.29) is 17.3 Å². The lowest BCUT2D eigenvalue weighted by atomic mass is 9.48. The second-order valence-electron chi connectivity index (χ2n) is 11.6. The Bertz CT molecular complexity index is 1040. The van der Waals surface area contributed by atoms with Gasteiger partial charge < -0.3 is 9.84 Å². The molecule has 0 bridgehead atoms. The highest BCUT2D eigenvalue weighted by Gasteiger charge is 2.70. The van der Waals surface area contributed by atoms with Gasteiger partial charge in [0.15, 0.2) is 5.60 Å². The van der Waals surface area contributed by atoms with Crippen LogP contribution in [0.4, 0.5) is 0 Å². The minimum absolute atomic E-state index is 0.0361. The van der Waals surface area contributed by atoms with Gasteiger partial charge in [0.2, 0.25) is 5.78 Å². The fraction of sp³-hybridized carbons (Fsp3) is 0.621. The number of Topliss-reactive ketones (excluding diaryl/α,β-unsaturated/α-hetero) is 2. The van der Waals surface area contributed by atoms with E-state index < -0.39 is 29.4 Å². The zero-order valence-corrected chi connectivity index (χ0v) is 20.5. The van der Waals surface area contributed by atoms with Crippen LogP contribution in [0.5, 0.6) is 0 Å². The molecule has 1 aromatic rings. The van der Waals surface area contributed by atoms with Crippen LogP contribution in [0.1, 0.15) is 76.1 Å². The molecule has 7 atom stereocenters. The van der Waals surface area contributed by atoms with Gasteiger partial charge in [-0.15, -0.1) is 0 Å². The molecule has 0 aromatic heterocycles. The second kappa shape index (κ2) is 8.15. The molecular formula is C29H36O5. The van der Waals surface area contributed by atoms with Gasteiger partial charge in [-0.3, -0.25) is 9.59 Å². The van der Waals surface area contributed by atoms with E-state index in [1.165, 1.54) is 5.57 Å². The summed E-state index contributed by atoms with van der Waals surface area (Å²) < 4.78 is 6.23. The Balaban J connectivity index is 1.55. The van der Waals surface area contributed by atoms with Gasteiger partial charge in [0.1, 0.15) is 12.4 Å². The molecule has 0 heterocycles. The number of fused-ring (bicyclic) bond motifs is 5. The maximum Gasteiger partial charge on any atom is 0.339 e. The number of allylic oxidation sites excluding steroid dienone is 2. The lowest BCUT2D eigenvalue weighted by Crippen LogP contribution is -2.60. The minimum Gasteiger partial charge on any atom is -0.446 e. The quantitative estimate of drug-likeness (QED) is 0.505. The van der Waals surface area contributed by atoms with Crippen LogP contribution in [-0.4, -0.2) is 34.9 Å². The van der Waals surface area contributed by atoms with Crippen molar-refractivity contribution in [3.05, 3.63) is 47.5 Å². The third-order valence-electron chi connectivity index (χ3n) is 10.2. The van der Waals surface area contributed by atoms with Gasteiger partial charge in [0.05, 0.1) is 5.56 Å². The van der Waals surface area contributed by atoms with E-state index in [1.807, 2.05) is 13.0 Å². The summed E-state index contributed by atoms with van der Waals surface area (Å²) in [6.07, 6.45) is 8.00. The highest BCUT2D eigenvalue weighted by Crippen LogP contribution is 2.68. The van der Waals surface area contributed by atoms with Crippen LogP contribution in [0.3, 0.4) is 0 Å². The van der Waals surface area contributed by atoms with Crippen molar-refractivity contribution in [3.8, 4) is 0 Å². The van der Waals surface area contributed by atoms with Crippen molar-refractivity contribution in [2.75, 3.05) is 6.61 Å². The maximum atomic E-state index is 13.5. The Labute approximate surface area is 202 Å². The van der Waals surface area contributed by atoms with E-state index >= 15 is 0 Å². The standard InChI is InChI=1S/C29H36O5/c1-18-15-24-22-10-9-20-16-21(31)11-13-27(20,2)23(22)12-14-28(24,3)29(18,25(32)17-30)34-26(33)19-7-5-4-6-8-19/h4-8,12,18,20,22,24,30H,9-11,13-17H2,1-3H3/t18?,20?,22-,24+,27+,28+,29+/m1/s1. The molecule has 5 rings (SSSR count). The predicted molar refractivity (Wildman–Crippen MR) is 128 cm³/mol. The molecule has 0 aliphatic heterocycles. The molecule has 1 aromatic carbocycles. The smallest absolute Gasteiger partial charge is 0.339 e. The zero-order chi connectivity index (χ0) is 24.3. The van der Waals surface area contributed by atoms with E-state index in [1.54, 1.807) is 24.3 Å². The van der Waals surface area contributed by atoms with Crippen LogP contribution in [0, 0.1) is 34.5 Å². The number of hydrogen-bond acceptors (Lipinski definition) is 5. The number of benzene rings is 1. The van der Waals surface area contributed by atoms with Crippen LogP contribution >= 0.6 is 0 Å². The molecule has 0 spiro atoms. The number of carbonyl (C=O) groups excluding carboxylic acids is 3. The SMILES string of the molecule is CC1C[C@H]2[C@@H]3CCC4CC(=O)CC[C@]4(C)C3=CC[C@]2(C)[C@@]1(OC(=O)c1ccccc1)C(=O)CO. The number of carbonyl (C=O) groups is 3. The predicted octanol–water partition coefficient (Wildman–Crippen LogP) is 4.92. The van der Waals surface area contributed by atoms with E-state index in [4.69, 9.17) is 4.74 Å². The molecule has 4 aliphatic rings. The van der Waals surface area contributed by atoms with Gasteiger partial charge in [0, 0.05) is 24.2 Å². The van der Waals surface area contributed by atoms with Gasteiger partial charge in [-0.05, 0) is 67.4 Å². The summed E-state index contributed by atoms with van der Waals surface area (Å²) in [5, 5.41) is 10.0. The molecule has 0 radical (unpaired) electrons. The van der Waals surface area contributed by atoms with Crippen LogP contribution in [0.25, 0.3) is 0 Å². The number of aliphatic hydroxyl groups is 1. The molecule has 1 N–H and O–H groups in total. The fourth-order valence-corrected chi connectivity index (χ4v) is 8.41. The molecule has 2 unspecified atom stereocenters. The minimum atomic E-state index is -1.36. The summed E-state index contributed by atoms with van der Waals surface area (Å²) in [4.78, 5) is 38.9. The average molecular weight is 465 g/mol. The first-order valence-corrected chi connectivity index (χ1v) is 12.8. The fourth-order valence-electron chi connectivity index (χ4n) is 8.41. The maximum absolute atomic E-state index is 13.5. The van der Waals surface area contributed by atoms with Gasteiger partial charge in [-0.1, -0.05) is 50.6 Å². The third kappa shape index (κ3) is 3.12.